The molecular weight excluding hydrogens is 328 g/mol. The lowest BCUT2D eigenvalue weighted by atomic mass is 9.57. The van der Waals surface area contributed by atoms with Gasteiger partial charge in [-0.05, 0) is 37.3 Å². The Morgan fingerprint density at radius 3 is 2.19 bits per heavy atom. The smallest absolute Gasteiger partial charge is 0.101 e. The van der Waals surface area contributed by atoms with Gasteiger partial charge in [0.2, 0.25) is 0 Å². The minimum Gasteiger partial charge on any atom is -0.384 e. The molecular formula is C26H44O. The minimum atomic E-state index is -0.737. The third-order valence-corrected chi connectivity index (χ3v) is 7.27. The number of unbranched alkanes of at least 4 members (excludes halogenated alkanes) is 6. The standard InChI is InChI=1S/C26H44O/c1-7-9-10-11-12-13-14-18-25(6,17-8-2)26(27)23-19-21(3)15-16-22(23)20-24(26,4)5/h15-16,19,27H,7-14,17-18,20H2,1-6H3. The fourth-order valence-electron chi connectivity index (χ4n) is 5.80. The van der Waals surface area contributed by atoms with Gasteiger partial charge in [-0.3, -0.25) is 0 Å². The van der Waals surface area contributed by atoms with Crippen molar-refractivity contribution in [2.75, 3.05) is 0 Å². The third-order valence-electron chi connectivity index (χ3n) is 7.27. The van der Waals surface area contributed by atoms with E-state index in [9.17, 15) is 5.11 Å². The van der Waals surface area contributed by atoms with Crippen LogP contribution in [0.4, 0.5) is 0 Å². The largest absolute Gasteiger partial charge is 0.384 e. The van der Waals surface area contributed by atoms with Gasteiger partial charge in [-0.2, -0.15) is 0 Å². The van der Waals surface area contributed by atoms with E-state index in [4.69, 9.17) is 0 Å². The molecule has 0 spiro atoms. The molecule has 0 amide bonds. The molecule has 0 heterocycles. The van der Waals surface area contributed by atoms with E-state index < -0.39 is 5.60 Å². The Morgan fingerprint density at radius 1 is 0.926 bits per heavy atom. The normalized spacial score (nSPS) is 23.2. The van der Waals surface area contributed by atoms with Crippen LogP contribution in [0.25, 0.3) is 0 Å². The molecule has 0 radical (unpaired) electrons. The lowest BCUT2D eigenvalue weighted by Gasteiger charge is -2.51. The van der Waals surface area contributed by atoms with Gasteiger partial charge < -0.3 is 5.11 Å². The molecule has 0 saturated heterocycles. The van der Waals surface area contributed by atoms with Gasteiger partial charge in [0.25, 0.3) is 0 Å². The summed E-state index contributed by atoms with van der Waals surface area (Å²) in [7, 11) is 0. The van der Waals surface area contributed by atoms with Crippen molar-refractivity contribution in [3.8, 4) is 0 Å². The molecule has 154 valence electrons. The van der Waals surface area contributed by atoms with Crippen molar-refractivity contribution in [1.82, 2.24) is 0 Å². The molecule has 0 aliphatic heterocycles. The number of hydrogen-bond acceptors (Lipinski definition) is 1. The highest BCUT2D eigenvalue weighted by molar-refractivity contribution is 5.44. The second-order valence-corrected chi connectivity index (χ2v) is 10.1. The Bertz CT molecular complexity index is 602. The number of benzene rings is 1. The monoisotopic (exact) mass is 372 g/mol. The Kier molecular flexibility index (Phi) is 7.59. The molecule has 1 nitrogen and oxygen atoms in total. The number of aryl methyl sites for hydroxylation is 1. The maximum Gasteiger partial charge on any atom is 0.101 e. The van der Waals surface area contributed by atoms with E-state index >= 15 is 0 Å². The molecule has 27 heavy (non-hydrogen) atoms. The van der Waals surface area contributed by atoms with Crippen molar-refractivity contribution < 1.29 is 5.11 Å². The maximum absolute atomic E-state index is 12.3. The molecule has 1 heteroatoms. The highest BCUT2D eigenvalue weighted by atomic mass is 16.3. The van der Waals surface area contributed by atoms with Gasteiger partial charge in [-0.1, -0.05) is 110 Å². The third kappa shape index (κ3) is 4.44. The minimum absolute atomic E-state index is 0.0618. The van der Waals surface area contributed by atoms with Crippen LogP contribution in [0.5, 0.6) is 0 Å². The second-order valence-electron chi connectivity index (χ2n) is 10.1. The van der Waals surface area contributed by atoms with E-state index in [0.29, 0.717) is 0 Å². The second kappa shape index (κ2) is 9.12. The zero-order valence-corrected chi connectivity index (χ0v) is 19.0. The summed E-state index contributed by atoms with van der Waals surface area (Å²) in [6.45, 7) is 13.6. The maximum atomic E-state index is 12.3. The van der Waals surface area contributed by atoms with Crippen LogP contribution in [0.3, 0.4) is 0 Å². The first kappa shape index (κ1) is 22.5. The van der Waals surface area contributed by atoms with Crippen molar-refractivity contribution in [2.45, 2.75) is 118 Å². The molecule has 2 unspecified atom stereocenters. The van der Waals surface area contributed by atoms with Crippen molar-refractivity contribution in [1.29, 1.82) is 0 Å². The quantitative estimate of drug-likeness (QED) is 0.394. The van der Waals surface area contributed by atoms with E-state index in [1.807, 2.05) is 0 Å². The number of hydrogen-bond donors (Lipinski definition) is 1. The van der Waals surface area contributed by atoms with Crippen LogP contribution >= 0.6 is 0 Å². The SMILES string of the molecule is CCCCCCCCCC(C)(CCC)C1(O)c2cc(C)ccc2CC1(C)C. The lowest BCUT2D eigenvalue weighted by molar-refractivity contribution is -0.162. The Hall–Kier alpha value is -0.820. The lowest BCUT2D eigenvalue weighted by Crippen LogP contribution is -2.51. The molecule has 1 aliphatic carbocycles. The summed E-state index contributed by atoms with van der Waals surface area (Å²) in [6, 6.07) is 6.72. The van der Waals surface area contributed by atoms with Crippen molar-refractivity contribution in [3.63, 3.8) is 0 Å². The van der Waals surface area contributed by atoms with E-state index in [1.165, 1.54) is 61.6 Å². The first-order valence-electron chi connectivity index (χ1n) is 11.5. The van der Waals surface area contributed by atoms with Crippen LogP contribution in [0.1, 0.15) is 116 Å². The fraction of sp³-hybridized carbons (Fsp3) is 0.769. The molecule has 0 saturated carbocycles. The van der Waals surface area contributed by atoms with Crippen molar-refractivity contribution >= 4 is 0 Å². The highest BCUT2D eigenvalue weighted by Gasteiger charge is 2.60. The summed E-state index contributed by atoms with van der Waals surface area (Å²) in [5.74, 6) is 0. The Labute approximate surface area is 169 Å². The number of aliphatic hydroxyl groups is 1. The highest BCUT2D eigenvalue weighted by Crippen LogP contribution is 2.61. The fourth-order valence-corrected chi connectivity index (χ4v) is 5.80. The van der Waals surface area contributed by atoms with Gasteiger partial charge in [0.1, 0.15) is 5.60 Å². The molecule has 0 fully saturated rings. The van der Waals surface area contributed by atoms with E-state index in [2.05, 4.69) is 59.7 Å². The van der Waals surface area contributed by atoms with Gasteiger partial charge in [0.15, 0.2) is 0 Å². The summed E-state index contributed by atoms with van der Waals surface area (Å²) in [4.78, 5) is 0. The Balaban J connectivity index is 2.19. The topological polar surface area (TPSA) is 20.2 Å². The summed E-state index contributed by atoms with van der Waals surface area (Å²) in [6.07, 6.45) is 13.7. The predicted molar refractivity (Wildman–Crippen MR) is 118 cm³/mol. The molecule has 1 N–H and O–H groups in total. The average molecular weight is 373 g/mol. The van der Waals surface area contributed by atoms with Crippen LogP contribution < -0.4 is 0 Å². The van der Waals surface area contributed by atoms with Gasteiger partial charge in [-0.15, -0.1) is 0 Å². The molecule has 1 aromatic rings. The number of fused-ring (bicyclic) bond motifs is 1. The van der Waals surface area contributed by atoms with E-state index in [0.717, 1.165) is 25.7 Å². The van der Waals surface area contributed by atoms with Crippen LogP contribution in [-0.4, -0.2) is 5.11 Å². The zero-order chi connectivity index (χ0) is 20.1. The van der Waals surface area contributed by atoms with E-state index in [-0.39, 0.29) is 10.8 Å². The summed E-state index contributed by atoms with van der Waals surface area (Å²) >= 11 is 0. The molecule has 0 bridgehead atoms. The first-order valence-corrected chi connectivity index (χ1v) is 11.5. The average Bonchev–Trinajstić information content (AvgIpc) is 2.82. The molecule has 1 aromatic carbocycles. The Morgan fingerprint density at radius 2 is 1.56 bits per heavy atom. The summed E-state index contributed by atoms with van der Waals surface area (Å²) in [5, 5.41) is 12.3. The van der Waals surface area contributed by atoms with Crippen LogP contribution in [0.2, 0.25) is 0 Å². The van der Waals surface area contributed by atoms with Gasteiger partial charge >= 0.3 is 0 Å². The molecule has 2 atom stereocenters. The molecule has 1 aliphatic rings. The van der Waals surface area contributed by atoms with Crippen molar-refractivity contribution in [3.05, 3.63) is 34.9 Å². The van der Waals surface area contributed by atoms with Crippen molar-refractivity contribution in [2.24, 2.45) is 10.8 Å². The zero-order valence-electron chi connectivity index (χ0n) is 19.0. The predicted octanol–water partition coefficient (Wildman–Crippen LogP) is 7.71. The van der Waals surface area contributed by atoms with Crippen LogP contribution in [0, 0.1) is 17.8 Å². The summed E-state index contributed by atoms with van der Waals surface area (Å²) in [5.41, 5.74) is 2.92. The molecule has 2 rings (SSSR count). The summed E-state index contributed by atoms with van der Waals surface area (Å²) < 4.78 is 0. The van der Waals surface area contributed by atoms with Gasteiger partial charge in [0.05, 0.1) is 0 Å². The molecule has 0 aromatic heterocycles. The van der Waals surface area contributed by atoms with E-state index in [1.54, 1.807) is 0 Å². The van der Waals surface area contributed by atoms with Crippen LogP contribution in [0.15, 0.2) is 18.2 Å². The van der Waals surface area contributed by atoms with Gasteiger partial charge in [0, 0.05) is 10.8 Å². The van der Waals surface area contributed by atoms with Crippen LogP contribution in [-0.2, 0) is 12.0 Å². The first-order chi connectivity index (χ1) is 12.7. The number of rotatable bonds is 11. The van der Waals surface area contributed by atoms with Gasteiger partial charge in [-0.25, -0.2) is 0 Å².